The highest BCUT2D eigenvalue weighted by molar-refractivity contribution is 7.99. The van der Waals surface area contributed by atoms with E-state index in [0.29, 0.717) is 31.4 Å². The molecule has 2 saturated heterocycles. The highest BCUT2D eigenvalue weighted by atomic mass is 32.2. The number of hydrogen-bond donors (Lipinski definition) is 1. The quantitative estimate of drug-likeness (QED) is 0.421. The molecule has 2 fully saturated rings. The van der Waals surface area contributed by atoms with Gasteiger partial charge in [0.1, 0.15) is 23.7 Å². The van der Waals surface area contributed by atoms with E-state index in [1.165, 1.54) is 11.9 Å². The van der Waals surface area contributed by atoms with Crippen LogP contribution in [0.1, 0.15) is 58.2 Å². The van der Waals surface area contributed by atoms with Crippen molar-refractivity contribution in [1.29, 1.82) is 0 Å². The summed E-state index contributed by atoms with van der Waals surface area (Å²) in [4.78, 5) is 57.6. The van der Waals surface area contributed by atoms with E-state index in [-0.39, 0.29) is 17.2 Å². The van der Waals surface area contributed by atoms with Crippen molar-refractivity contribution in [3.63, 3.8) is 0 Å². The molecule has 0 bridgehead atoms. The highest BCUT2D eigenvalue weighted by Gasteiger charge is 2.58. The molecule has 2 aliphatic rings. The molecule has 42 heavy (non-hydrogen) atoms. The number of aromatic nitrogens is 1. The lowest BCUT2D eigenvalue weighted by molar-refractivity contribution is -0.138. The molecule has 0 saturated carbocycles. The van der Waals surface area contributed by atoms with E-state index >= 15 is 0 Å². The number of carbonyl (C=O) groups excluding carboxylic acids is 4. The molecule has 3 heterocycles. The molecule has 3 amide bonds. The molecule has 0 radical (unpaired) electrons. The fourth-order valence-corrected chi connectivity index (χ4v) is 7.46. The fraction of sp³-hybridized carbons (Fsp3) is 0.500. The summed E-state index contributed by atoms with van der Waals surface area (Å²) in [5, 5.41) is 3.58. The lowest BCUT2D eigenvalue weighted by Gasteiger charge is -2.37. The van der Waals surface area contributed by atoms with Gasteiger partial charge in [-0.2, -0.15) is 0 Å². The van der Waals surface area contributed by atoms with Crippen LogP contribution < -0.4 is 5.32 Å². The van der Waals surface area contributed by atoms with Crippen LogP contribution in [0.5, 0.6) is 0 Å². The van der Waals surface area contributed by atoms with E-state index in [1.54, 1.807) is 55.1 Å². The van der Waals surface area contributed by atoms with Gasteiger partial charge in [-0.05, 0) is 71.3 Å². The Labute approximate surface area is 252 Å². The molecule has 0 unspecified atom stereocenters. The second-order valence-electron chi connectivity index (χ2n) is 12.2. The largest absolute Gasteiger partial charge is 0.444 e. The van der Waals surface area contributed by atoms with Crippen LogP contribution in [0.3, 0.4) is 0 Å². The predicted octanol–water partition coefficient (Wildman–Crippen LogP) is 5.22. The van der Waals surface area contributed by atoms with Gasteiger partial charge in [-0.15, -0.1) is 24.9 Å². The number of amides is 3. The Bertz CT molecular complexity index is 1370. The Balaban J connectivity index is 1.65. The molecule has 1 N–H and O–H groups in total. The first-order valence-corrected chi connectivity index (χ1v) is 15.4. The Kier molecular flexibility index (Phi) is 9.25. The lowest BCUT2D eigenvalue weighted by atomic mass is 9.74. The average Bonchev–Trinajstić information content (AvgIpc) is 3.45. The number of nitrogens with zero attached hydrogens (tertiary/aromatic N) is 3. The average molecular weight is 595 g/mol. The van der Waals surface area contributed by atoms with Crippen molar-refractivity contribution in [3.05, 3.63) is 61.8 Å². The van der Waals surface area contributed by atoms with Crippen LogP contribution in [0.15, 0.2) is 61.8 Å². The van der Waals surface area contributed by atoms with Gasteiger partial charge in [0, 0.05) is 24.0 Å². The van der Waals surface area contributed by atoms with Crippen LogP contribution in [-0.2, 0) is 14.3 Å². The normalized spacial score (nSPS) is 22.5. The molecule has 1 aromatic heterocycles. The standard InChI is InChI=1S/C32H42N4O5S/c1-8-16-32(17-9-2)20-25-36(26(32)29(39)35-18-14-22-12-10-11-13-24(22)35)28(38)23(15-19-42-25)33-27(37)21(3)34(7)30(40)41-31(4,5)6/h8-14,18,21,23,25-26H,1-2,15-17,19-20H2,3-7H3,(H,33,37)/t21-,23-,25-,26+/m0/s1. The third-order valence-corrected chi connectivity index (χ3v) is 9.40. The number of carbonyl (C=O) groups is 4. The Morgan fingerprint density at radius 1 is 1.19 bits per heavy atom. The maximum Gasteiger partial charge on any atom is 0.410 e. The summed E-state index contributed by atoms with van der Waals surface area (Å²) in [5.74, 6) is -0.330. The van der Waals surface area contributed by atoms with Crippen molar-refractivity contribution in [1.82, 2.24) is 19.7 Å². The zero-order chi connectivity index (χ0) is 30.8. The van der Waals surface area contributed by atoms with Crippen LogP contribution in [0.2, 0.25) is 0 Å². The summed E-state index contributed by atoms with van der Waals surface area (Å²) in [6.45, 7) is 14.8. The number of allylic oxidation sites excluding steroid dienone is 2. The summed E-state index contributed by atoms with van der Waals surface area (Å²) < 4.78 is 7.04. The molecule has 0 spiro atoms. The number of likely N-dealkylation sites (N-methyl/N-ethyl adjacent to an activating group) is 1. The summed E-state index contributed by atoms with van der Waals surface area (Å²) >= 11 is 1.63. The van der Waals surface area contributed by atoms with E-state index in [2.05, 4.69) is 18.5 Å². The van der Waals surface area contributed by atoms with Crippen molar-refractivity contribution in [2.75, 3.05) is 12.8 Å². The summed E-state index contributed by atoms with van der Waals surface area (Å²) in [7, 11) is 1.49. The zero-order valence-corrected chi connectivity index (χ0v) is 26.0. The first-order chi connectivity index (χ1) is 19.8. The first-order valence-electron chi connectivity index (χ1n) is 14.4. The van der Waals surface area contributed by atoms with Crippen LogP contribution in [0.25, 0.3) is 10.9 Å². The molecule has 9 nitrogen and oxygen atoms in total. The second kappa shape index (κ2) is 12.4. The van der Waals surface area contributed by atoms with Crippen LogP contribution in [0.4, 0.5) is 4.79 Å². The second-order valence-corrected chi connectivity index (χ2v) is 13.5. The molecule has 1 aromatic carbocycles. The van der Waals surface area contributed by atoms with Gasteiger partial charge in [-0.25, -0.2) is 4.79 Å². The topological polar surface area (TPSA) is 101 Å². The van der Waals surface area contributed by atoms with Gasteiger partial charge in [0.15, 0.2) is 0 Å². The SMILES string of the molecule is C=CCC1(CC=C)C[C@@H]2SCC[C@H](NC(=O)[C@H](C)N(C)C(=O)OC(C)(C)C)C(=O)N2[C@@H]1C(=O)n1ccc2ccccc21. The van der Waals surface area contributed by atoms with Crippen molar-refractivity contribution in [2.24, 2.45) is 5.41 Å². The number of benzene rings is 1. The first kappa shape index (κ1) is 31.4. The predicted molar refractivity (Wildman–Crippen MR) is 166 cm³/mol. The Hall–Kier alpha value is -3.53. The van der Waals surface area contributed by atoms with E-state index < -0.39 is 41.1 Å². The number of rotatable bonds is 8. The van der Waals surface area contributed by atoms with E-state index in [4.69, 9.17) is 4.74 Å². The minimum atomic E-state index is -0.873. The maximum atomic E-state index is 14.5. The van der Waals surface area contributed by atoms with Crippen molar-refractivity contribution >= 4 is 46.5 Å². The Morgan fingerprint density at radius 3 is 2.50 bits per heavy atom. The number of hydrogen-bond acceptors (Lipinski definition) is 6. The number of ether oxygens (including phenoxy) is 1. The smallest absolute Gasteiger partial charge is 0.410 e. The molecule has 4 rings (SSSR count). The molecule has 2 aromatic rings. The molecular formula is C32H42N4O5S. The van der Waals surface area contributed by atoms with E-state index in [9.17, 15) is 19.2 Å². The third kappa shape index (κ3) is 6.14. The summed E-state index contributed by atoms with van der Waals surface area (Å²) in [5.41, 5.74) is -0.526. The van der Waals surface area contributed by atoms with E-state index in [1.807, 2.05) is 42.5 Å². The Morgan fingerprint density at radius 2 is 1.86 bits per heavy atom. The minimum absolute atomic E-state index is 0.193. The van der Waals surface area contributed by atoms with Crippen LogP contribution in [-0.4, -0.2) is 80.1 Å². The number of thioether (sulfide) groups is 1. The number of nitrogens with one attached hydrogen (secondary N) is 1. The van der Waals surface area contributed by atoms with Crippen LogP contribution in [0, 0.1) is 5.41 Å². The summed E-state index contributed by atoms with van der Waals surface area (Å²) in [6, 6.07) is 7.05. The summed E-state index contributed by atoms with van der Waals surface area (Å²) in [6.07, 6.45) is 6.84. The highest BCUT2D eigenvalue weighted by Crippen LogP contribution is 2.51. The van der Waals surface area contributed by atoms with Crippen molar-refractivity contribution < 1.29 is 23.9 Å². The van der Waals surface area contributed by atoms with Gasteiger partial charge in [-0.1, -0.05) is 30.4 Å². The molecule has 0 aliphatic carbocycles. The molecule has 226 valence electrons. The molecule has 2 aliphatic heterocycles. The number of para-hydroxylation sites is 1. The minimum Gasteiger partial charge on any atom is -0.444 e. The lowest BCUT2D eigenvalue weighted by Crippen LogP contribution is -2.57. The monoisotopic (exact) mass is 594 g/mol. The van der Waals surface area contributed by atoms with Gasteiger partial charge >= 0.3 is 6.09 Å². The number of fused-ring (bicyclic) bond motifs is 2. The van der Waals surface area contributed by atoms with Gasteiger partial charge in [0.25, 0.3) is 5.91 Å². The molecular weight excluding hydrogens is 552 g/mol. The third-order valence-electron chi connectivity index (χ3n) is 8.15. The molecule has 4 atom stereocenters. The van der Waals surface area contributed by atoms with Crippen LogP contribution >= 0.6 is 11.8 Å². The van der Waals surface area contributed by atoms with Gasteiger partial charge in [0.2, 0.25) is 11.8 Å². The maximum absolute atomic E-state index is 14.5. The van der Waals surface area contributed by atoms with Gasteiger partial charge < -0.3 is 15.0 Å². The fourth-order valence-electron chi connectivity index (χ4n) is 5.98. The van der Waals surface area contributed by atoms with Crippen molar-refractivity contribution in [3.8, 4) is 0 Å². The molecule has 10 heteroatoms. The van der Waals surface area contributed by atoms with Crippen molar-refractivity contribution in [2.45, 2.75) is 82.5 Å². The van der Waals surface area contributed by atoms with E-state index in [0.717, 1.165) is 10.9 Å². The van der Waals surface area contributed by atoms with Gasteiger partial charge in [-0.3, -0.25) is 23.9 Å². The zero-order valence-electron chi connectivity index (χ0n) is 25.2. The van der Waals surface area contributed by atoms with Gasteiger partial charge in [0.05, 0.1) is 10.9 Å².